The van der Waals surface area contributed by atoms with Gasteiger partial charge in [-0.25, -0.2) is 4.79 Å². The second kappa shape index (κ2) is 5.00. The molecule has 2 aliphatic heterocycles. The molecule has 0 aromatic heterocycles. The Balaban J connectivity index is 1.68. The van der Waals surface area contributed by atoms with Crippen molar-refractivity contribution in [1.82, 2.24) is 4.90 Å². The van der Waals surface area contributed by atoms with E-state index in [2.05, 4.69) is 5.32 Å². The SMILES string of the molecule is CC(C)(C)OC(=O)N1CCC2(CC1)Nc1ccccc1C2=O. The van der Waals surface area contributed by atoms with Crippen molar-refractivity contribution in [3.8, 4) is 0 Å². The van der Waals surface area contributed by atoms with Gasteiger partial charge in [0, 0.05) is 24.3 Å². The second-order valence-electron chi connectivity index (χ2n) is 7.05. The number of anilines is 1. The summed E-state index contributed by atoms with van der Waals surface area (Å²) in [5, 5.41) is 3.38. The first-order valence-electron chi connectivity index (χ1n) is 7.71. The van der Waals surface area contributed by atoms with Crippen molar-refractivity contribution in [1.29, 1.82) is 0 Å². The van der Waals surface area contributed by atoms with Crippen LogP contribution >= 0.6 is 0 Å². The number of hydrogen-bond donors (Lipinski definition) is 1. The number of para-hydroxylation sites is 1. The molecule has 2 heterocycles. The molecule has 1 N–H and O–H groups in total. The standard InChI is InChI=1S/C17H22N2O3/c1-16(2,3)22-15(21)19-10-8-17(9-11-19)14(20)12-6-4-5-7-13(12)18-17/h4-7,18H,8-11H2,1-3H3. The zero-order chi connectivity index (χ0) is 16.0. The summed E-state index contributed by atoms with van der Waals surface area (Å²) in [5.41, 5.74) is 0.609. The summed E-state index contributed by atoms with van der Waals surface area (Å²) in [6.45, 7) is 6.63. The number of rotatable bonds is 0. The minimum absolute atomic E-state index is 0.145. The Kier molecular flexibility index (Phi) is 3.38. The molecule has 0 aliphatic carbocycles. The third-order valence-electron chi connectivity index (χ3n) is 4.25. The second-order valence-corrected chi connectivity index (χ2v) is 7.05. The predicted molar refractivity (Wildman–Crippen MR) is 84.2 cm³/mol. The highest BCUT2D eigenvalue weighted by Gasteiger charge is 2.47. The van der Waals surface area contributed by atoms with Crippen LogP contribution < -0.4 is 5.32 Å². The Bertz CT molecular complexity index is 611. The van der Waals surface area contributed by atoms with E-state index >= 15 is 0 Å². The van der Waals surface area contributed by atoms with Crippen molar-refractivity contribution in [3.63, 3.8) is 0 Å². The van der Waals surface area contributed by atoms with Crippen molar-refractivity contribution in [2.45, 2.75) is 44.8 Å². The van der Waals surface area contributed by atoms with Gasteiger partial charge in [0.05, 0.1) is 0 Å². The number of nitrogens with one attached hydrogen (secondary N) is 1. The van der Waals surface area contributed by atoms with Gasteiger partial charge in [0.1, 0.15) is 11.1 Å². The molecule has 1 aromatic carbocycles. The van der Waals surface area contributed by atoms with Gasteiger partial charge in [-0.05, 0) is 45.7 Å². The number of ketones is 1. The van der Waals surface area contributed by atoms with E-state index in [0.29, 0.717) is 25.9 Å². The van der Waals surface area contributed by atoms with Crippen molar-refractivity contribution in [2.24, 2.45) is 0 Å². The zero-order valence-electron chi connectivity index (χ0n) is 13.3. The number of hydrogen-bond acceptors (Lipinski definition) is 4. The third kappa shape index (κ3) is 2.56. The van der Waals surface area contributed by atoms with E-state index in [0.717, 1.165) is 11.3 Å². The van der Waals surface area contributed by atoms with E-state index in [1.54, 1.807) is 4.90 Å². The van der Waals surface area contributed by atoms with E-state index < -0.39 is 11.1 Å². The number of ether oxygens (including phenoxy) is 1. The number of nitrogens with zero attached hydrogens (tertiary/aromatic N) is 1. The first kappa shape index (κ1) is 14.9. The van der Waals surface area contributed by atoms with E-state index in [1.807, 2.05) is 45.0 Å². The Morgan fingerprint density at radius 3 is 2.45 bits per heavy atom. The van der Waals surface area contributed by atoms with Gasteiger partial charge in [-0.15, -0.1) is 0 Å². The number of piperidine rings is 1. The molecule has 0 radical (unpaired) electrons. The molecule has 5 nitrogen and oxygen atoms in total. The maximum Gasteiger partial charge on any atom is 0.410 e. The fraction of sp³-hybridized carbons (Fsp3) is 0.529. The van der Waals surface area contributed by atoms with Crippen molar-refractivity contribution < 1.29 is 14.3 Å². The van der Waals surface area contributed by atoms with Gasteiger partial charge in [0.15, 0.2) is 5.78 Å². The highest BCUT2D eigenvalue weighted by molar-refractivity contribution is 6.13. The van der Waals surface area contributed by atoms with Crippen LogP contribution in [0.25, 0.3) is 0 Å². The molecule has 1 saturated heterocycles. The highest BCUT2D eigenvalue weighted by Crippen LogP contribution is 2.38. The van der Waals surface area contributed by atoms with E-state index in [-0.39, 0.29) is 11.9 Å². The summed E-state index contributed by atoms with van der Waals surface area (Å²) in [6, 6.07) is 7.60. The van der Waals surface area contributed by atoms with Gasteiger partial charge >= 0.3 is 6.09 Å². The van der Waals surface area contributed by atoms with E-state index in [1.165, 1.54) is 0 Å². The average Bonchev–Trinajstić information content (AvgIpc) is 2.71. The number of Topliss-reactive ketones (excluding diaryl/α,β-unsaturated/α-hetero) is 1. The van der Waals surface area contributed by atoms with E-state index in [9.17, 15) is 9.59 Å². The molecule has 5 heteroatoms. The summed E-state index contributed by atoms with van der Waals surface area (Å²) in [6.07, 6.45) is 0.921. The zero-order valence-corrected chi connectivity index (χ0v) is 13.3. The predicted octanol–water partition coefficient (Wildman–Crippen LogP) is 3.06. The fourth-order valence-corrected chi connectivity index (χ4v) is 3.11. The lowest BCUT2D eigenvalue weighted by Gasteiger charge is -2.38. The van der Waals surface area contributed by atoms with Crippen LogP contribution in [-0.4, -0.2) is 41.0 Å². The molecule has 118 valence electrons. The number of fused-ring (bicyclic) bond motifs is 1. The number of carbonyl (C=O) groups excluding carboxylic acids is 2. The van der Waals surface area contributed by atoms with Crippen molar-refractivity contribution in [2.75, 3.05) is 18.4 Å². The van der Waals surface area contributed by atoms with Gasteiger partial charge in [0.25, 0.3) is 0 Å². The van der Waals surface area contributed by atoms with Crippen LogP contribution in [0.3, 0.4) is 0 Å². The molecule has 0 saturated carbocycles. The van der Waals surface area contributed by atoms with Crippen LogP contribution in [0, 0.1) is 0 Å². The molecule has 0 atom stereocenters. The fourth-order valence-electron chi connectivity index (χ4n) is 3.11. The van der Waals surface area contributed by atoms with Crippen molar-refractivity contribution in [3.05, 3.63) is 29.8 Å². The van der Waals surface area contributed by atoms with Crippen LogP contribution in [0.4, 0.5) is 10.5 Å². The van der Waals surface area contributed by atoms with Crippen LogP contribution in [0.5, 0.6) is 0 Å². The molecule has 22 heavy (non-hydrogen) atoms. The molecule has 2 aliphatic rings. The summed E-state index contributed by atoms with van der Waals surface area (Å²) < 4.78 is 5.40. The largest absolute Gasteiger partial charge is 0.444 e. The smallest absolute Gasteiger partial charge is 0.410 e. The minimum Gasteiger partial charge on any atom is -0.444 e. The van der Waals surface area contributed by atoms with Gasteiger partial charge in [0.2, 0.25) is 0 Å². The molecule has 1 aromatic rings. The third-order valence-corrected chi connectivity index (χ3v) is 4.25. The highest BCUT2D eigenvalue weighted by atomic mass is 16.6. The lowest BCUT2D eigenvalue weighted by atomic mass is 9.84. The lowest BCUT2D eigenvalue weighted by Crippen LogP contribution is -2.53. The lowest BCUT2D eigenvalue weighted by molar-refractivity contribution is 0.0178. The molecule has 1 spiro atoms. The monoisotopic (exact) mass is 302 g/mol. The minimum atomic E-state index is -0.553. The normalized spacial score (nSPS) is 19.8. The Morgan fingerprint density at radius 1 is 1.23 bits per heavy atom. The molecule has 3 rings (SSSR count). The summed E-state index contributed by atoms with van der Waals surface area (Å²) >= 11 is 0. The van der Waals surface area contributed by atoms with Crippen LogP contribution in [0.15, 0.2) is 24.3 Å². The van der Waals surface area contributed by atoms with Crippen LogP contribution in [-0.2, 0) is 4.74 Å². The quantitative estimate of drug-likeness (QED) is 0.800. The number of amides is 1. The Labute approximate surface area is 130 Å². The topological polar surface area (TPSA) is 58.6 Å². The summed E-state index contributed by atoms with van der Waals surface area (Å²) in [5.74, 6) is 0.145. The molecular weight excluding hydrogens is 280 g/mol. The Hall–Kier alpha value is -2.04. The van der Waals surface area contributed by atoms with Gasteiger partial charge in [-0.1, -0.05) is 12.1 Å². The molecule has 1 fully saturated rings. The molecule has 1 amide bonds. The number of benzene rings is 1. The first-order chi connectivity index (χ1) is 10.3. The maximum atomic E-state index is 12.7. The first-order valence-corrected chi connectivity index (χ1v) is 7.71. The Morgan fingerprint density at radius 2 is 1.86 bits per heavy atom. The summed E-state index contributed by atoms with van der Waals surface area (Å²) in [4.78, 5) is 26.5. The average molecular weight is 302 g/mol. The van der Waals surface area contributed by atoms with E-state index in [4.69, 9.17) is 4.74 Å². The van der Waals surface area contributed by atoms with Crippen LogP contribution in [0.1, 0.15) is 44.0 Å². The molecule has 0 bridgehead atoms. The number of carbonyl (C=O) groups is 2. The molecular formula is C17H22N2O3. The maximum absolute atomic E-state index is 12.7. The van der Waals surface area contributed by atoms with Gasteiger partial charge in [-0.3, -0.25) is 4.79 Å². The summed E-state index contributed by atoms with van der Waals surface area (Å²) in [7, 11) is 0. The van der Waals surface area contributed by atoms with Gasteiger partial charge in [-0.2, -0.15) is 0 Å². The van der Waals surface area contributed by atoms with Crippen LogP contribution in [0.2, 0.25) is 0 Å². The number of likely N-dealkylation sites (tertiary alicyclic amines) is 1. The molecule has 0 unspecified atom stereocenters. The van der Waals surface area contributed by atoms with Gasteiger partial charge < -0.3 is 15.0 Å². The van der Waals surface area contributed by atoms with Crippen molar-refractivity contribution >= 4 is 17.6 Å².